The molecule has 0 aliphatic heterocycles. The smallest absolute Gasteiger partial charge is 0.330 e. The van der Waals surface area contributed by atoms with E-state index in [9.17, 15) is 9.90 Å². The van der Waals surface area contributed by atoms with Gasteiger partial charge in [-0.15, -0.1) is 0 Å². The Labute approximate surface area is 182 Å². The SMILES string of the molecule is Cn1c(=O)n(CC(C)(C)C)c2ccc(-c3cccc(C(C)(O)c4ccccc4)c3)nc21. The van der Waals surface area contributed by atoms with Crippen LogP contribution in [-0.4, -0.2) is 19.2 Å². The van der Waals surface area contributed by atoms with Crippen LogP contribution >= 0.6 is 0 Å². The number of aliphatic hydroxyl groups is 1. The molecule has 5 nitrogen and oxygen atoms in total. The average Bonchev–Trinajstić information content (AvgIpc) is 2.97. The van der Waals surface area contributed by atoms with Gasteiger partial charge in [0.1, 0.15) is 5.60 Å². The molecule has 2 aromatic heterocycles. The van der Waals surface area contributed by atoms with Gasteiger partial charge in [-0.25, -0.2) is 9.78 Å². The summed E-state index contributed by atoms with van der Waals surface area (Å²) in [7, 11) is 1.76. The van der Waals surface area contributed by atoms with E-state index in [4.69, 9.17) is 4.98 Å². The van der Waals surface area contributed by atoms with Crippen molar-refractivity contribution < 1.29 is 5.11 Å². The van der Waals surface area contributed by atoms with E-state index in [2.05, 4.69) is 20.8 Å². The lowest BCUT2D eigenvalue weighted by Crippen LogP contribution is -2.27. The van der Waals surface area contributed by atoms with Gasteiger partial charge in [-0.2, -0.15) is 0 Å². The summed E-state index contributed by atoms with van der Waals surface area (Å²) < 4.78 is 3.40. The number of imidazole rings is 1. The van der Waals surface area contributed by atoms with Gasteiger partial charge in [0.05, 0.1) is 11.2 Å². The monoisotopic (exact) mass is 415 g/mol. The van der Waals surface area contributed by atoms with Crippen LogP contribution in [0.25, 0.3) is 22.4 Å². The second-order valence-corrected chi connectivity index (χ2v) is 9.55. The molecular formula is C26H29N3O2. The topological polar surface area (TPSA) is 60.0 Å². The zero-order chi connectivity index (χ0) is 22.4. The quantitative estimate of drug-likeness (QED) is 0.525. The molecule has 2 heterocycles. The van der Waals surface area contributed by atoms with E-state index >= 15 is 0 Å². The molecule has 0 amide bonds. The maximum Gasteiger partial charge on any atom is 0.330 e. The van der Waals surface area contributed by atoms with E-state index in [0.717, 1.165) is 27.9 Å². The van der Waals surface area contributed by atoms with Gasteiger partial charge in [-0.05, 0) is 41.7 Å². The summed E-state index contributed by atoms with van der Waals surface area (Å²) in [5.41, 5.74) is 3.57. The lowest BCUT2D eigenvalue weighted by Gasteiger charge is -2.25. The Kier molecular flexibility index (Phi) is 5.10. The Morgan fingerprint density at radius 2 is 1.58 bits per heavy atom. The van der Waals surface area contributed by atoms with Gasteiger partial charge >= 0.3 is 5.69 Å². The number of hydrogen-bond donors (Lipinski definition) is 1. The second-order valence-electron chi connectivity index (χ2n) is 9.55. The Morgan fingerprint density at radius 3 is 2.26 bits per heavy atom. The van der Waals surface area contributed by atoms with Crippen LogP contribution < -0.4 is 5.69 Å². The van der Waals surface area contributed by atoms with E-state index in [1.807, 2.05) is 66.7 Å². The van der Waals surface area contributed by atoms with Crippen molar-refractivity contribution in [1.82, 2.24) is 14.1 Å². The second kappa shape index (κ2) is 7.50. The fourth-order valence-corrected chi connectivity index (χ4v) is 3.97. The first-order chi connectivity index (χ1) is 14.6. The van der Waals surface area contributed by atoms with Crippen molar-refractivity contribution in [3.8, 4) is 11.3 Å². The van der Waals surface area contributed by atoms with Crippen molar-refractivity contribution in [3.05, 3.63) is 88.3 Å². The summed E-state index contributed by atoms with van der Waals surface area (Å²) in [6, 6.07) is 21.3. The fourth-order valence-electron chi connectivity index (χ4n) is 3.97. The molecule has 0 bridgehead atoms. The lowest BCUT2D eigenvalue weighted by molar-refractivity contribution is 0.102. The minimum atomic E-state index is -1.12. The van der Waals surface area contributed by atoms with Crippen molar-refractivity contribution in [2.45, 2.75) is 39.8 Å². The van der Waals surface area contributed by atoms with Crippen LogP contribution in [0.2, 0.25) is 0 Å². The Morgan fingerprint density at radius 1 is 0.903 bits per heavy atom. The molecular weight excluding hydrogens is 386 g/mol. The van der Waals surface area contributed by atoms with Crippen LogP contribution in [0.5, 0.6) is 0 Å². The maximum absolute atomic E-state index is 12.8. The molecule has 2 aromatic carbocycles. The molecule has 0 fully saturated rings. The van der Waals surface area contributed by atoms with Crippen LogP contribution in [0.15, 0.2) is 71.5 Å². The normalized spacial score (nSPS) is 14.0. The molecule has 4 aromatic rings. The summed E-state index contributed by atoms with van der Waals surface area (Å²) in [5.74, 6) is 0. The van der Waals surface area contributed by atoms with Gasteiger partial charge in [0.25, 0.3) is 0 Å². The number of nitrogens with zero attached hydrogens (tertiary/aromatic N) is 3. The van der Waals surface area contributed by atoms with Crippen LogP contribution in [0.3, 0.4) is 0 Å². The molecule has 0 radical (unpaired) electrons. The molecule has 31 heavy (non-hydrogen) atoms. The first-order valence-corrected chi connectivity index (χ1v) is 10.5. The average molecular weight is 416 g/mol. The summed E-state index contributed by atoms with van der Waals surface area (Å²) in [6.45, 7) is 8.77. The highest BCUT2D eigenvalue weighted by molar-refractivity contribution is 5.76. The Hall–Kier alpha value is -3.18. The van der Waals surface area contributed by atoms with E-state index in [1.54, 1.807) is 23.1 Å². The predicted molar refractivity (Wildman–Crippen MR) is 125 cm³/mol. The fraction of sp³-hybridized carbons (Fsp3) is 0.308. The van der Waals surface area contributed by atoms with Crippen molar-refractivity contribution in [2.75, 3.05) is 0 Å². The summed E-state index contributed by atoms with van der Waals surface area (Å²) >= 11 is 0. The van der Waals surface area contributed by atoms with E-state index in [0.29, 0.717) is 12.2 Å². The van der Waals surface area contributed by atoms with Crippen molar-refractivity contribution in [2.24, 2.45) is 12.5 Å². The van der Waals surface area contributed by atoms with Gasteiger partial charge in [0.15, 0.2) is 5.65 Å². The predicted octanol–water partition coefficient (Wildman–Crippen LogP) is 4.70. The molecule has 0 saturated carbocycles. The minimum Gasteiger partial charge on any atom is -0.381 e. The van der Waals surface area contributed by atoms with Crippen molar-refractivity contribution >= 4 is 11.2 Å². The number of pyridine rings is 1. The lowest BCUT2D eigenvalue weighted by atomic mass is 9.87. The van der Waals surface area contributed by atoms with Crippen LogP contribution in [0.4, 0.5) is 0 Å². The number of benzene rings is 2. The highest BCUT2D eigenvalue weighted by Crippen LogP contribution is 2.32. The standard InChI is InChI=1S/C26H29N3O2/c1-25(2,3)17-29-22-15-14-21(27-23(22)28(5)24(29)30)18-10-9-13-20(16-18)26(4,31)19-11-7-6-8-12-19/h6-16,31H,17H2,1-5H3. The Bertz CT molecular complexity index is 1290. The number of hydrogen-bond acceptors (Lipinski definition) is 3. The molecule has 0 spiro atoms. The number of rotatable bonds is 4. The van der Waals surface area contributed by atoms with Crippen LogP contribution in [-0.2, 0) is 19.2 Å². The van der Waals surface area contributed by atoms with Gasteiger partial charge in [0, 0.05) is 19.2 Å². The number of fused-ring (bicyclic) bond motifs is 1. The number of aryl methyl sites for hydroxylation is 1. The zero-order valence-electron chi connectivity index (χ0n) is 18.8. The van der Waals surface area contributed by atoms with Crippen LogP contribution in [0, 0.1) is 5.41 Å². The van der Waals surface area contributed by atoms with E-state index in [-0.39, 0.29) is 11.1 Å². The maximum atomic E-state index is 12.8. The molecule has 0 saturated heterocycles. The number of aromatic nitrogens is 3. The van der Waals surface area contributed by atoms with E-state index < -0.39 is 5.60 Å². The molecule has 160 valence electrons. The summed E-state index contributed by atoms with van der Waals surface area (Å²) in [6.07, 6.45) is 0. The third-order valence-electron chi connectivity index (χ3n) is 5.67. The first kappa shape index (κ1) is 21.1. The van der Waals surface area contributed by atoms with E-state index in [1.165, 1.54) is 0 Å². The summed E-state index contributed by atoms with van der Waals surface area (Å²) in [5, 5.41) is 11.2. The Balaban J connectivity index is 1.79. The van der Waals surface area contributed by atoms with Crippen LogP contribution in [0.1, 0.15) is 38.8 Å². The first-order valence-electron chi connectivity index (χ1n) is 10.5. The molecule has 1 unspecified atom stereocenters. The third-order valence-corrected chi connectivity index (χ3v) is 5.67. The van der Waals surface area contributed by atoms with Gasteiger partial charge in [0.2, 0.25) is 0 Å². The molecule has 1 atom stereocenters. The minimum absolute atomic E-state index is 0.0197. The summed E-state index contributed by atoms with van der Waals surface area (Å²) in [4.78, 5) is 17.6. The van der Waals surface area contributed by atoms with Crippen molar-refractivity contribution in [3.63, 3.8) is 0 Å². The molecule has 0 aliphatic rings. The van der Waals surface area contributed by atoms with Gasteiger partial charge in [-0.3, -0.25) is 9.13 Å². The van der Waals surface area contributed by atoms with Gasteiger partial charge in [-0.1, -0.05) is 69.3 Å². The third kappa shape index (κ3) is 3.93. The largest absolute Gasteiger partial charge is 0.381 e. The molecule has 1 N–H and O–H groups in total. The zero-order valence-corrected chi connectivity index (χ0v) is 18.8. The van der Waals surface area contributed by atoms with Gasteiger partial charge < -0.3 is 5.11 Å². The molecule has 0 aliphatic carbocycles. The highest BCUT2D eigenvalue weighted by atomic mass is 16.3. The molecule has 4 rings (SSSR count). The molecule has 5 heteroatoms. The van der Waals surface area contributed by atoms with Crippen molar-refractivity contribution in [1.29, 1.82) is 0 Å². The highest BCUT2D eigenvalue weighted by Gasteiger charge is 2.26.